The van der Waals surface area contributed by atoms with E-state index in [9.17, 15) is 19.7 Å². The van der Waals surface area contributed by atoms with Crippen molar-refractivity contribution in [2.75, 3.05) is 31.5 Å². The number of nitrogens with zero attached hydrogens (tertiary/aromatic N) is 2. The van der Waals surface area contributed by atoms with Crippen LogP contribution in [0.5, 0.6) is 0 Å². The van der Waals surface area contributed by atoms with Crippen LogP contribution in [0.1, 0.15) is 24.8 Å². The number of carbonyl (C=O) groups is 2. The third kappa shape index (κ3) is 5.33. The van der Waals surface area contributed by atoms with Crippen molar-refractivity contribution in [2.24, 2.45) is 5.92 Å². The number of carboxylic acids is 1. The average Bonchev–Trinajstić information content (AvgIpc) is 2.62. The van der Waals surface area contributed by atoms with Crippen LogP contribution in [-0.4, -0.2) is 53.1 Å². The molecule has 1 fully saturated rings. The molecule has 3 N–H and O–H groups in total. The smallest absolute Gasteiger partial charge is 0.317 e. The molecule has 0 aromatic heterocycles. The molecule has 1 aliphatic rings. The maximum Gasteiger partial charge on any atom is 0.317 e. The molecule has 0 spiro atoms. The lowest BCUT2D eigenvalue weighted by molar-refractivity contribution is -0.384. The number of rotatable bonds is 7. The van der Waals surface area contributed by atoms with Crippen molar-refractivity contribution in [1.29, 1.82) is 0 Å². The van der Waals surface area contributed by atoms with Gasteiger partial charge in [-0.05, 0) is 37.8 Å². The van der Waals surface area contributed by atoms with E-state index in [0.717, 1.165) is 5.56 Å². The lowest BCUT2D eigenvalue weighted by atomic mass is 9.97. The Bertz CT molecular complexity index is 671. The molecule has 0 unspecified atom stereocenters. The van der Waals surface area contributed by atoms with E-state index in [1.165, 1.54) is 6.07 Å². The van der Waals surface area contributed by atoms with Crippen molar-refractivity contribution < 1.29 is 19.6 Å². The van der Waals surface area contributed by atoms with Gasteiger partial charge in [-0.3, -0.25) is 14.9 Å². The van der Waals surface area contributed by atoms with Gasteiger partial charge in [-0.25, -0.2) is 4.79 Å². The molecule has 142 valence electrons. The Balaban J connectivity index is 1.69. The summed E-state index contributed by atoms with van der Waals surface area (Å²) in [7, 11) is 0. The van der Waals surface area contributed by atoms with Crippen LogP contribution in [0.3, 0.4) is 0 Å². The number of hydrogen-bond donors (Lipinski definition) is 3. The van der Waals surface area contributed by atoms with Crippen molar-refractivity contribution in [2.45, 2.75) is 26.2 Å². The number of amides is 2. The normalized spacial score (nSPS) is 14.7. The lowest BCUT2D eigenvalue weighted by Gasteiger charge is -2.30. The van der Waals surface area contributed by atoms with E-state index in [1.54, 1.807) is 24.0 Å². The zero-order valence-corrected chi connectivity index (χ0v) is 14.7. The highest BCUT2D eigenvalue weighted by Gasteiger charge is 2.26. The highest BCUT2D eigenvalue weighted by atomic mass is 16.6. The van der Waals surface area contributed by atoms with Gasteiger partial charge >= 0.3 is 12.0 Å². The number of nitrogens with one attached hydrogen (secondary N) is 2. The van der Waals surface area contributed by atoms with Crippen LogP contribution in [0.2, 0.25) is 0 Å². The third-order valence-electron chi connectivity index (χ3n) is 4.43. The Kier molecular flexibility index (Phi) is 6.76. The second-order valence-electron chi connectivity index (χ2n) is 6.39. The number of urea groups is 1. The molecule has 1 heterocycles. The summed E-state index contributed by atoms with van der Waals surface area (Å²) in [5.41, 5.74) is 1.32. The Hall–Kier alpha value is -2.84. The maximum atomic E-state index is 12.0. The number of likely N-dealkylation sites (tertiary alicyclic amines) is 1. The molecule has 0 atom stereocenters. The van der Waals surface area contributed by atoms with Crippen molar-refractivity contribution in [3.63, 3.8) is 0 Å². The van der Waals surface area contributed by atoms with Gasteiger partial charge in [0.1, 0.15) is 5.69 Å². The number of aliphatic carboxylic acids is 1. The van der Waals surface area contributed by atoms with Crippen LogP contribution in [-0.2, 0) is 4.79 Å². The minimum absolute atomic E-state index is 0.0373. The first-order valence-electron chi connectivity index (χ1n) is 8.63. The lowest BCUT2D eigenvalue weighted by Crippen LogP contribution is -2.45. The van der Waals surface area contributed by atoms with Gasteiger partial charge in [-0.2, -0.15) is 0 Å². The molecule has 1 aromatic carbocycles. The van der Waals surface area contributed by atoms with Gasteiger partial charge < -0.3 is 20.6 Å². The number of carboxylic acid groups (broad SMARTS) is 1. The van der Waals surface area contributed by atoms with Gasteiger partial charge in [0.25, 0.3) is 5.69 Å². The largest absolute Gasteiger partial charge is 0.481 e. The molecule has 9 heteroatoms. The fraction of sp³-hybridized carbons (Fsp3) is 0.529. The quantitative estimate of drug-likeness (QED) is 0.387. The summed E-state index contributed by atoms with van der Waals surface area (Å²) in [5.74, 6) is -1.17. The summed E-state index contributed by atoms with van der Waals surface area (Å²) in [4.78, 5) is 35.2. The SMILES string of the molecule is Cc1ccc(NCCCNC(=O)N2CCC(C(=O)O)CC2)c([N+](=O)[O-])c1. The summed E-state index contributed by atoms with van der Waals surface area (Å²) < 4.78 is 0. The van der Waals surface area contributed by atoms with E-state index in [1.807, 2.05) is 0 Å². The zero-order chi connectivity index (χ0) is 19.1. The second kappa shape index (κ2) is 9.02. The molecule has 0 radical (unpaired) electrons. The van der Waals surface area contributed by atoms with E-state index in [-0.39, 0.29) is 17.6 Å². The van der Waals surface area contributed by atoms with Crippen LogP contribution in [0.25, 0.3) is 0 Å². The molecule has 2 amide bonds. The highest BCUT2D eigenvalue weighted by molar-refractivity contribution is 5.75. The molecule has 1 aliphatic heterocycles. The number of hydrogen-bond acceptors (Lipinski definition) is 5. The average molecular weight is 364 g/mol. The highest BCUT2D eigenvalue weighted by Crippen LogP contribution is 2.25. The van der Waals surface area contributed by atoms with Gasteiger partial charge in [0, 0.05) is 32.2 Å². The second-order valence-corrected chi connectivity index (χ2v) is 6.39. The molecule has 0 aliphatic carbocycles. The van der Waals surface area contributed by atoms with Crippen LogP contribution in [0.15, 0.2) is 18.2 Å². The van der Waals surface area contributed by atoms with Gasteiger partial charge in [0.2, 0.25) is 0 Å². The summed E-state index contributed by atoms with van der Waals surface area (Å²) >= 11 is 0. The van der Waals surface area contributed by atoms with Gasteiger partial charge in [0.05, 0.1) is 10.8 Å². The number of carbonyl (C=O) groups excluding carboxylic acids is 1. The summed E-state index contributed by atoms with van der Waals surface area (Å²) in [6.07, 6.45) is 1.56. The van der Waals surface area contributed by atoms with Crippen molar-refractivity contribution in [3.8, 4) is 0 Å². The van der Waals surface area contributed by atoms with Gasteiger partial charge in [0.15, 0.2) is 0 Å². The molecule has 2 rings (SSSR count). The van der Waals surface area contributed by atoms with Crippen molar-refractivity contribution in [1.82, 2.24) is 10.2 Å². The van der Waals surface area contributed by atoms with Crippen molar-refractivity contribution in [3.05, 3.63) is 33.9 Å². The number of nitro benzene ring substituents is 1. The number of anilines is 1. The van der Waals surface area contributed by atoms with Gasteiger partial charge in [-0.15, -0.1) is 0 Å². The monoisotopic (exact) mass is 364 g/mol. The number of aryl methyl sites for hydroxylation is 1. The standard InChI is InChI=1S/C17H24N4O5/c1-12-3-4-14(15(11-12)21(25)26)18-7-2-8-19-17(24)20-9-5-13(6-10-20)16(22)23/h3-4,11,13,18H,2,5-10H2,1H3,(H,19,24)(H,22,23). The van der Waals surface area contributed by atoms with E-state index in [2.05, 4.69) is 10.6 Å². The molecular formula is C17H24N4O5. The molecule has 0 saturated carbocycles. The Morgan fingerprint density at radius 3 is 2.62 bits per heavy atom. The summed E-state index contributed by atoms with van der Waals surface area (Å²) in [6.45, 7) is 3.61. The minimum Gasteiger partial charge on any atom is -0.481 e. The number of nitro groups is 1. The fourth-order valence-electron chi connectivity index (χ4n) is 2.89. The van der Waals surface area contributed by atoms with Gasteiger partial charge in [-0.1, -0.05) is 6.07 Å². The van der Waals surface area contributed by atoms with Crippen LogP contribution >= 0.6 is 0 Å². The molecule has 1 aromatic rings. The Labute approximate surface area is 151 Å². The molecule has 1 saturated heterocycles. The van der Waals surface area contributed by atoms with Crippen LogP contribution in [0.4, 0.5) is 16.2 Å². The molecule has 26 heavy (non-hydrogen) atoms. The maximum absolute atomic E-state index is 12.0. The predicted molar refractivity (Wildman–Crippen MR) is 96.3 cm³/mol. The molecular weight excluding hydrogens is 340 g/mol. The van der Waals surface area contributed by atoms with Crippen molar-refractivity contribution >= 4 is 23.4 Å². The first-order chi connectivity index (χ1) is 12.4. The minimum atomic E-state index is -0.804. The Morgan fingerprint density at radius 2 is 2.00 bits per heavy atom. The first-order valence-corrected chi connectivity index (χ1v) is 8.63. The van der Waals surface area contributed by atoms with E-state index >= 15 is 0 Å². The van der Waals surface area contributed by atoms with E-state index in [0.29, 0.717) is 51.1 Å². The number of piperidine rings is 1. The van der Waals surface area contributed by atoms with E-state index < -0.39 is 10.9 Å². The third-order valence-corrected chi connectivity index (χ3v) is 4.43. The van der Waals surface area contributed by atoms with Crippen LogP contribution < -0.4 is 10.6 Å². The van der Waals surface area contributed by atoms with Crippen LogP contribution in [0, 0.1) is 23.0 Å². The Morgan fingerprint density at radius 1 is 1.31 bits per heavy atom. The molecule has 0 bridgehead atoms. The summed E-state index contributed by atoms with van der Waals surface area (Å²) in [5, 5.41) is 25.8. The topological polar surface area (TPSA) is 125 Å². The summed E-state index contributed by atoms with van der Waals surface area (Å²) in [6, 6.07) is 4.80. The predicted octanol–water partition coefficient (Wildman–Crippen LogP) is 2.21. The van der Waals surface area contributed by atoms with E-state index in [4.69, 9.17) is 5.11 Å². The fourth-order valence-corrected chi connectivity index (χ4v) is 2.89. The molecule has 9 nitrogen and oxygen atoms in total. The zero-order valence-electron chi connectivity index (χ0n) is 14.7. The first kappa shape index (κ1) is 19.5. The number of benzene rings is 1.